The Balaban J connectivity index is 1.83. The number of ether oxygens (including phenoxy) is 2. The molecule has 80 valence electrons. The Morgan fingerprint density at radius 1 is 1.40 bits per heavy atom. The van der Waals surface area contributed by atoms with Gasteiger partial charge in [-0.1, -0.05) is 0 Å². The predicted molar refractivity (Wildman–Crippen MR) is 51.8 cm³/mol. The van der Waals surface area contributed by atoms with Crippen LogP contribution >= 0.6 is 0 Å². The molecule has 0 saturated carbocycles. The first-order valence-electron chi connectivity index (χ1n) is 4.90. The van der Waals surface area contributed by atoms with Crippen molar-refractivity contribution in [3.63, 3.8) is 0 Å². The molecule has 3 rings (SSSR count). The van der Waals surface area contributed by atoms with Gasteiger partial charge in [-0.05, 0) is 0 Å². The quantitative estimate of drug-likeness (QED) is 0.699. The Kier molecular flexibility index (Phi) is 2.06. The van der Waals surface area contributed by atoms with Crippen molar-refractivity contribution in [2.45, 2.75) is 6.23 Å². The summed E-state index contributed by atoms with van der Waals surface area (Å²) in [6.07, 6.45) is 2.88. The van der Waals surface area contributed by atoms with Crippen LogP contribution in [0, 0.1) is 0 Å². The van der Waals surface area contributed by atoms with Crippen molar-refractivity contribution in [1.29, 1.82) is 0 Å². The summed E-state index contributed by atoms with van der Waals surface area (Å²) in [6.45, 7) is 2.71. The molecule has 0 spiro atoms. The van der Waals surface area contributed by atoms with Gasteiger partial charge in [0.15, 0.2) is 0 Å². The Morgan fingerprint density at radius 2 is 2.40 bits per heavy atom. The summed E-state index contributed by atoms with van der Waals surface area (Å²) in [7, 11) is 0. The van der Waals surface area contributed by atoms with E-state index in [1.54, 1.807) is 12.5 Å². The molecule has 15 heavy (non-hydrogen) atoms. The van der Waals surface area contributed by atoms with Crippen LogP contribution in [0.1, 0.15) is 0 Å². The van der Waals surface area contributed by atoms with Crippen molar-refractivity contribution in [2.24, 2.45) is 4.99 Å². The molecular formula is C9H11N3O3. The van der Waals surface area contributed by atoms with Gasteiger partial charge in [0.1, 0.15) is 12.9 Å². The molecule has 0 aliphatic carbocycles. The van der Waals surface area contributed by atoms with Crippen LogP contribution in [0.15, 0.2) is 21.9 Å². The van der Waals surface area contributed by atoms with Crippen LogP contribution in [0.3, 0.4) is 0 Å². The van der Waals surface area contributed by atoms with E-state index in [-0.39, 0.29) is 6.23 Å². The third-order valence-electron chi connectivity index (χ3n) is 2.38. The van der Waals surface area contributed by atoms with E-state index in [2.05, 4.69) is 9.98 Å². The van der Waals surface area contributed by atoms with Crippen LogP contribution in [0.25, 0.3) is 0 Å². The number of rotatable bonds is 2. The lowest BCUT2D eigenvalue weighted by Crippen LogP contribution is -2.37. The molecule has 1 fully saturated rings. The Hall–Kier alpha value is -1.56. The van der Waals surface area contributed by atoms with Gasteiger partial charge in [-0.2, -0.15) is 0 Å². The topological polar surface area (TPSA) is 60.1 Å². The number of hydrogen-bond donors (Lipinski definition) is 0. The fraction of sp³-hybridized carbons (Fsp3) is 0.556. The maximum atomic E-state index is 5.54. The van der Waals surface area contributed by atoms with Gasteiger partial charge in [0, 0.05) is 6.54 Å². The summed E-state index contributed by atoms with van der Waals surface area (Å²) in [5, 5.41) is 0. The lowest BCUT2D eigenvalue weighted by molar-refractivity contribution is 0.137. The molecule has 0 amide bonds. The molecule has 3 heterocycles. The van der Waals surface area contributed by atoms with E-state index in [0.717, 1.165) is 6.54 Å². The van der Waals surface area contributed by atoms with Crippen molar-refractivity contribution >= 4 is 11.9 Å². The molecule has 0 aromatic carbocycles. The van der Waals surface area contributed by atoms with Gasteiger partial charge in [0.05, 0.1) is 19.3 Å². The molecule has 0 N–H and O–H groups in total. The van der Waals surface area contributed by atoms with Crippen molar-refractivity contribution in [2.75, 3.05) is 31.2 Å². The number of oxazole rings is 1. The molecule has 0 bridgehead atoms. The summed E-state index contributed by atoms with van der Waals surface area (Å²) >= 11 is 0. The van der Waals surface area contributed by atoms with E-state index in [9.17, 15) is 0 Å². The molecule has 2 aliphatic heterocycles. The van der Waals surface area contributed by atoms with Gasteiger partial charge in [-0.3, -0.25) is 4.90 Å². The van der Waals surface area contributed by atoms with Crippen LogP contribution < -0.4 is 4.90 Å². The highest BCUT2D eigenvalue weighted by molar-refractivity contribution is 5.84. The highest BCUT2D eigenvalue weighted by Crippen LogP contribution is 2.21. The molecule has 0 radical (unpaired) electrons. The molecule has 6 heteroatoms. The zero-order valence-electron chi connectivity index (χ0n) is 8.13. The lowest BCUT2D eigenvalue weighted by atomic mass is 10.5. The monoisotopic (exact) mass is 209 g/mol. The van der Waals surface area contributed by atoms with Gasteiger partial charge in [-0.15, -0.1) is 0 Å². The second-order valence-electron chi connectivity index (χ2n) is 3.30. The van der Waals surface area contributed by atoms with Gasteiger partial charge in [0.2, 0.25) is 12.1 Å². The molecule has 1 unspecified atom stereocenters. The standard InChI is InChI=1S/C9H11N3O3/c1-4-13-7(10-1)8-12(3-6-14-8)9-11-2-5-15-9/h2,5,8H,1,3-4,6H2. The number of aromatic nitrogens is 1. The fourth-order valence-corrected chi connectivity index (χ4v) is 1.73. The van der Waals surface area contributed by atoms with Crippen LogP contribution in [-0.2, 0) is 9.47 Å². The SMILES string of the molecule is c1coc(N2CCOC2C2=NCCO2)n1. The predicted octanol–water partition coefficient (Wildman–Crippen LogP) is 0.266. The molecular weight excluding hydrogens is 198 g/mol. The Labute approximate surface area is 86.5 Å². The van der Waals surface area contributed by atoms with Crippen molar-refractivity contribution in [1.82, 2.24) is 4.98 Å². The maximum Gasteiger partial charge on any atom is 0.299 e. The van der Waals surface area contributed by atoms with Crippen molar-refractivity contribution in [3.8, 4) is 0 Å². The normalized spacial score (nSPS) is 25.5. The highest BCUT2D eigenvalue weighted by Gasteiger charge is 2.35. The molecule has 1 aromatic heterocycles. The van der Waals surface area contributed by atoms with Gasteiger partial charge in [0.25, 0.3) is 6.01 Å². The summed E-state index contributed by atoms with van der Waals surface area (Å²) < 4.78 is 16.2. The first-order chi connectivity index (χ1) is 7.45. The zero-order chi connectivity index (χ0) is 10.1. The third-order valence-corrected chi connectivity index (χ3v) is 2.38. The minimum absolute atomic E-state index is 0.272. The van der Waals surface area contributed by atoms with Crippen molar-refractivity contribution < 1.29 is 13.9 Å². The number of aliphatic imine (C=N–C) groups is 1. The molecule has 6 nitrogen and oxygen atoms in total. The van der Waals surface area contributed by atoms with Crippen molar-refractivity contribution in [3.05, 3.63) is 12.5 Å². The smallest absolute Gasteiger partial charge is 0.299 e. The maximum absolute atomic E-state index is 5.54. The van der Waals surface area contributed by atoms with Crippen LogP contribution in [0.2, 0.25) is 0 Å². The van der Waals surface area contributed by atoms with E-state index >= 15 is 0 Å². The van der Waals surface area contributed by atoms with Gasteiger partial charge in [-0.25, -0.2) is 9.98 Å². The number of anilines is 1. The van der Waals surface area contributed by atoms with Crippen LogP contribution in [0.4, 0.5) is 6.01 Å². The van der Waals surface area contributed by atoms with Crippen LogP contribution in [-0.4, -0.2) is 43.4 Å². The fourth-order valence-electron chi connectivity index (χ4n) is 1.73. The van der Waals surface area contributed by atoms with Gasteiger partial charge < -0.3 is 13.9 Å². The van der Waals surface area contributed by atoms with E-state index in [1.165, 1.54) is 0 Å². The second-order valence-corrected chi connectivity index (χ2v) is 3.30. The van der Waals surface area contributed by atoms with E-state index in [4.69, 9.17) is 13.9 Å². The summed E-state index contributed by atoms with van der Waals surface area (Å²) in [5.74, 6) is 0.630. The minimum atomic E-state index is -0.272. The zero-order valence-corrected chi connectivity index (χ0v) is 8.13. The average molecular weight is 209 g/mol. The van der Waals surface area contributed by atoms with E-state index in [1.807, 2.05) is 4.90 Å². The second kappa shape index (κ2) is 3.54. The Morgan fingerprint density at radius 3 is 3.13 bits per heavy atom. The molecule has 1 saturated heterocycles. The van der Waals surface area contributed by atoms with Gasteiger partial charge >= 0.3 is 0 Å². The average Bonchev–Trinajstić information content (AvgIpc) is 3.01. The number of hydrogen-bond acceptors (Lipinski definition) is 6. The molecule has 1 atom stereocenters. The number of nitrogens with zero attached hydrogens (tertiary/aromatic N) is 3. The first-order valence-corrected chi connectivity index (χ1v) is 4.90. The summed E-state index contributed by atoms with van der Waals surface area (Å²) in [4.78, 5) is 10.2. The first kappa shape index (κ1) is 8.72. The Bertz CT molecular complexity index is 363. The molecule has 1 aromatic rings. The lowest BCUT2D eigenvalue weighted by Gasteiger charge is -2.20. The van der Waals surface area contributed by atoms with Crippen LogP contribution in [0.5, 0.6) is 0 Å². The van der Waals surface area contributed by atoms with E-state index < -0.39 is 0 Å². The summed E-state index contributed by atoms with van der Waals surface area (Å²) in [5.41, 5.74) is 0. The highest BCUT2D eigenvalue weighted by atomic mass is 16.6. The molecule has 2 aliphatic rings. The summed E-state index contributed by atoms with van der Waals surface area (Å²) in [6, 6.07) is 0.552. The third kappa shape index (κ3) is 1.46. The largest absolute Gasteiger partial charge is 0.476 e. The van der Waals surface area contributed by atoms with E-state index in [0.29, 0.717) is 31.7 Å². The minimum Gasteiger partial charge on any atom is -0.476 e.